The summed E-state index contributed by atoms with van der Waals surface area (Å²) in [7, 11) is -1.16. The van der Waals surface area contributed by atoms with E-state index in [1.165, 1.54) is 11.3 Å². The second-order valence-corrected chi connectivity index (χ2v) is 18.2. The van der Waals surface area contributed by atoms with E-state index in [2.05, 4.69) is 48.1 Å². The third kappa shape index (κ3) is 7.07. The fourth-order valence-electron chi connectivity index (χ4n) is 5.01. The fourth-order valence-corrected chi connectivity index (χ4v) is 6.34. The first-order chi connectivity index (χ1) is 19.3. The number of benzene rings is 1. The molecule has 1 fully saturated rings. The van der Waals surface area contributed by atoms with E-state index in [1.807, 2.05) is 52.2 Å². The average Bonchev–Trinajstić information content (AvgIpc) is 3.60. The van der Waals surface area contributed by atoms with E-state index >= 15 is 0 Å². The summed E-state index contributed by atoms with van der Waals surface area (Å²) in [6.45, 7) is 11.9. The number of nitrogens with zero attached hydrogens (tertiary/aromatic N) is 5. The molecular weight excluding hydrogens is 541 g/mol. The average molecular weight is 579 g/mol. The van der Waals surface area contributed by atoms with E-state index in [9.17, 15) is 4.79 Å². The van der Waals surface area contributed by atoms with Crippen molar-refractivity contribution in [3.8, 4) is 10.6 Å². The quantitative estimate of drug-likeness (QED) is 0.174. The van der Waals surface area contributed by atoms with Crippen LogP contribution in [0.3, 0.4) is 0 Å². The van der Waals surface area contributed by atoms with Crippen LogP contribution in [0.25, 0.3) is 21.6 Å². The van der Waals surface area contributed by atoms with E-state index in [4.69, 9.17) is 14.5 Å². The molecule has 0 bridgehead atoms. The van der Waals surface area contributed by atoms with Crippen molar-refractivity contribution in [3.63, 3.8) is 0 Å². The van der Waals surface area contributed by atoms with Crippen molar-refractivity contribution >= 4 is 42.2 Å². The molecule has 0 radical (unpaired) electrons. The number of ether oxygens (including phenoxy) is 2. The summed E-state index contributed by atoms with van der Waals surface area (Å²) in [6, 6.07) is 13.0. The summed E-state index contributed by atoms with van der Waals surface area (Å²) >= 11 is 1.48. The number of hydrogen-bond acceptors (Lipinski definition) is 8. The second kappa shape index (κ2) is 12.5. The van der Waals surface area contributed by atoms with E-state index in [0.29, 0.717) is 25.7 Å². The van der Waals surface area contributed by atoms with Crippen molar-refractivity contribution < 1.29 is 14.3 Å². The molecule has 11 heteroatoms. The first-order valence-corrected chi connectivity index (χ1v) is 18.4. The number of amides is 1. The molecule has 40 heavy (non-hydrogen) atoms. The predicted octanol–water partition coefficient (Wildman–Crippen LogP) is 6.33. The van der Waals surface area contributed by atoms with Crippen LogP contribution in [-0.4, -0.2) is 64.6 Å². The van der Waals surface area contributed by atoms with E-state index in [-0.39, 0.29) is 18.7 Å². The van der Waals surface area contributed by atoms with Gasteiger partial charge in [0.2, 0.25) is 0 Å². The van der Waals surface area contributed by atoms with E-state index in [1.54, 1.807) is 5.51 Å². The van der Waals surface area contributed by atoms with Crippen LogP contribution < -0.4 is 5.32 Å². The van der Waals surface area contributed by atoms with Gasteiger partial charge in [-0.25, -0.2) is 9.78 Å². The third-order valence-electron chi connectivity index (χ3n) is 7.08. The van der Waals surface area contributed by atoms with Gasteiger partial charge < -0.3 is 24.3 Å². The minimum Gasteiger partial charge on any atom is -0.445 e. The topological polar surface area (TPSA) is 94.4 Å². The fraction of sp³-hybridized carbons (Fsp3) is 0.448. The molecule has 9 nitrogen and oxygen atoms in total. The Labute approximate surface area is 240 Å². The number of rotatable bonds is 10. The Bertz CT molecular complexity index is 1410. The number of likely N-dealkylation sites (tertiary alicyclic amines) is 1. The van der Waals surface area contributed by atoms with Crippen molar-refractivity contribution in [2.75, 3.05) is 25.0 Å². The van der Waals surface area contributed by atoms with E-state index < -0.39 is 8.07 Å². The number of hydrogen-bond donors (Lipinski definition) is 1. The summed E-state index contributed by atoms with van der Waals surface area (Å²) < 4.78 is 13.7. The van der Waals surface area contributed by atoms with Crippen molar-refractivity contribution in [1.29, 1.82) is 0 Å². The molecule has 1 saturated heterocycles. The van der Waals surface area contributed by atoms with Gasteiger partial charge >= 0.3 is 6.09 Å². The van der Waals surface area contributed by atoms with Crippen molar-refractivity contribution in [1.82, 2.24) is 24.6 Å². The maximum absolute atomic E-state index is 13.0. The summed E-state index contributed by atoms with van der Waals surface area (Å²) in [6.07, 6.45) is 4.54. The van der Waals surface area contributed by atoms with Crippen LogP contribution in [0.15, 0.2) is 54.3 Å². The number of pyridine rings is 1. The van der Waals surface area contributed by atoms with Crippen LogP contribution in [0.5, 0.6) is 0 Å². The number of aromatic nitrogens is 4. The SMILES string of the molecule is C[C@H]1C[C@@H](Nc2c(-c3nncs3)cnc3c2ccn3COCC[Si](C)(C)C)CN(C(=O)OCc2ccccc2)C1. The Morgan fingerprint density at radius 2 is 2.00 bits per heavy atom. The lowest BCUT2D eigenvalue weighted by molar-refractivity contribution is 0.0784. The molecule has 1 N–H and O–H groups in total. The highest BCUT2D eigenvalue weighted by atomic mass is 32.1. The monoisotopic (exact) mass is 578 g/mol. The van der Waals surface area contributed by atoms with Crippen molar-refractivity contribution in [2.24, 2.45) is 5.92 Å². The number of carbonyl (C=O) groups is 1. The molecule has 0 saturated carbocycles. The molecule has 212 valence electrons. The molecule has 0 unspecified atom stereocenters. The van der Waals surface area contributed by atoms with Gasteiger partial charge in [0, 0.05) is 51.6 Å². The Balaban J connectivity index is 1.34. The Kier molecular flexibility index (Phi) is 8.82. The smallest absolute Gasteiger partial charge is 0.410 e. The molecule has 2 atom stereocenters. The van der Waals surface area contributed by atoms with Gasteiger partial charge in [-0.05, 0) is 30.0 Å². The third-order valence-corrected chi connectivity index (χ3v) is 9.51. The van der Waals surface area contributed by atoms with Gasteiger partial charge in [-0.2, -0.15) is 0 Å². The molecule has 3 aromatic heterocycles. The number of piperidine rings is 1. The molecule has 5 rings (SSSR count). The lowest BCUT2D eigenvalue weighted by Crippen LogP contribution is -2.48. The zero-order chi connectivity index (χ0) is 28.1. The van der Waals surface area contributed by atoms with Crippen molar-refractivity contribution in [2.45, 2.75) is 58.4 Å². The van der Waals surface area contributed by atoms with Gasteiger partial charge in [0.05, 0.1) is 11.3 Å². The molecule has 4 aromatic rings. The summed E-state index contributed by atoms with van der Waals surface area (Å²) in [5.74, 6) is 0.321. The largest absolute Gasteiger partial charge is 0.445 e. The number of fused-ring (bicyclic) bond motifs is 1. The summed E-state index contributed by atoms with van der Waals surface area (Å²) in [5.41, 5.74) is 5.42. The molecular formula is C29H38N6O3SSi. The van der Waals surface area contributed by atoms with Crippen LogP contribution in [0, 0.1) is 5.92 Å². The molecule has 1 aliphatic heterocycles. The minimum absolute atomic E-state index is 0.0432. The van der Waals surface area contributed by atoms with Gasteiger partial charge in [-0.1, -0.05) is 68.2 Å². The highest BCUT2D eigenvalue weighted by Gasteiger charge is 2.30. The highest BCUT2D eigenvalue weighted by Crippen LogP contribution is 2.36. The molecule has 0 spiro atoms. The highest BCUT2D eigenvalue weighted by molar-refractivity contribution is 7.12. The Morgan fingerprint density at radius 3 is 2.75 bits per heavy atom. The minimum atomic E-state index is -1.16. The Hall–Kier alpha value is -3.28. The maximum atomic E-state index is 13.0. The lowest BCUT2D eigenvalue weighted by Gasteiger charge is -2.37. The van der Waals surface area contributed by atoms with Gasteiger partial charge in [0.1, 0.15) is 24.5 Å². The predicted molar refractivity (Wildman–Crippen MR) is 162 cm³/mol. The molecule has 1 amide bonds. The van der Waals surface area contributed by atoms with Gasteiger partial charge in [-0.3, -0.25) is 0 Å². The van der Waals surface area contributed by atoms with Crippen LogP contribution in [0.1, 0.15) is 18.9 Å². The van der Waals surface area contributed by atoms with Gasteiger partial charge in [0.15, 0.2) is 5.01 Å². The Morgan fingerprint density at radius 1 is 1.18 bits per heavy atom. The lowest BCUT2D eigenvalue weighted by atomic mass is 9.95. The number of carbonyl (C=O) groups excluding carboxylic acids is 1. The summed E-state index contributed by atoms with van der Waals surface area (Å²) in [4.78, 5) is 19.6. The zero-order valence-corrected chi connectivity index (χ0v) is 25.5. The first kappa shape index (κ1) is 28.3. The molecule has 1 aromatic carbocycles. The van der Waals surface area contributed by atoms with Crippen LogP contribution in [0.2, 0.25) is 25.7 Å². The number of nitrogens with one attached hydrogen (secondary N) is 1. The van der Waals surface area contributed by atoms with Crippen LogP contribution in [-0.2, 0) is 22.8 Å². The van der Waals surface area contributed by atoms with Crippen molar-refractivity contribution in [3.05, 3.63) is 59.9 Å². The maximum Gasteiger partial charge on any atom is 0.410 e. The summed E-state index contributed by atoms with van der Waals surface area (Å²) in [5, 5.41) is 14.0. The zero-order valence-electron chi connectivity index (χ0n) is 23.7. The van der Waals surface area contributed by atoms with Gasteiger partial charge in [0.25, 0.3) is 0 Å². The van der Waals surface area contributed by atoms with Crippen LogP contribution in [0.4, 0.5) is 10.5 Å². The van der Waals surface area contributed by atoms with Crippen LogP contribution >= 0.6 is 11.3 Å². The van der Waals surface area contributed by atoms with Gasteiger partial charge in [-0.15, -0.1) is 10.2 Å². The first-order valence-electron chi connectivity index (χ1n) is 13.8. The molecule has 0 aliphatic carbocycles. The molecule has 1 aliphatic rings. The number of anilines is 1. The second-order valence-electron chi connectivity index (χ2n) is 11.8. The van der Waals surface area contributed by atoms with E-state index in [0.717, 1.165) is 51.9 Å². The normalized spacial score (nSPS) is 17.8. The molecule has 4 heterocycles. The standard InChI is InChI=1S/C29H38N6O3SSi/c1-21-14-23(17-35(16-21)29(36)38-18-22-8-6-5-7-9-22)32-26-24-10-11-34(20-37-12-13-40(2,3)4)27(24)30-15-25(26)28-33-31-19-39-28/h5-11,15,19,21,23H,12-14,16-18,20H2,1-4H3,(H,30,32)/t21-,23+/m0/s1.